The van der Waals surface area contributed by atoms with Gasteiger partial charge in [0.2, 0.25) is 0 Å². The summed E-state index contributed by atoms with van der Waals surface area (Å²) in [5.74, 6) is 0.0694. The molecule has 1 aromatic carbocycles. The molecule has 0 radical (unpaired) electrons. The molecule has 70 valence electrons. The number of phenols is 1. The molecule has 0 heterocycles. The van der Waals surface area contributed by atoms with Gasteiger partial charge in [-0.3, -0.25) is 0 Å². The van der Waals surface area contributed by atoms with E-state index < -0.39 is 6.04 Å². The van der Waals surface area contributed by atoms with Gasteiger partial charge in [-0.15, -0.1) is 6.58 Å². The summed E-state index contributed by atoms with van der Waals surface area (Å²) in [4.78, 5) is 0. The molecule has 0 bridgehead atoms. The predicted octanol–water partition coefficient (Wildman–Crippen LogP) is 2.99. The van der Waals surface area contributed by atoms with Gasteiger partial charge in [0.05, 0.1) is 10.5 Å². The lowest BCUT2D eigenvalue weighted by Gasteiger charge is -2.12. The number of aromatic hydroxyl groups is 1. The van der Waals surface area contributed by atoms with Crippen LogP contribution in [0.25, 0.3) is 0 Å². The maximum atomic E-state index is 9.62. The van der Waals surface area contributed by atoms with E-state index in [1.54, 1.807) is 12.1 Å². The Hall–Kier alpha value is -0.510. The van der Waals surface area contributed by atoms with Crippen molar-refractivity contribution >= 4 is 27.5 Å². The zero-order valence-electron chi connectivity index (χ0n) is 6.80. The quantitative estimate of drug-likeness (QED) is 0.805. The first-order chi connectivity index (χ1) is 6.07. The van der Waals surface area contributed by atoms with Gasteiger partial charge in [-0.25, -0.2) is 0 Å². The molecule has 3 N–H and O–H groups in total. The molecule has 1 atom stereocenters. The summed E-state index contributed by atoms with van der Waals surface area (Å²) in [6.45, 7) is 3.54. The van der Waals surface area contributed by atoms with Gasteiger partial charge in [0.25, 0.3) is 0 Å². The van der Waals surface area contributed by atoms with Gasteiger partial charge in [0, 0.05) is 10.6 Å². The molecule has 0 aliphatic carbocycles. The molecular weight excluding hydrogens is 253 g/mol. The smallest absolute Gasteiger partial charge is 0.136 e. The summed E-state index contributed by atoms with van der Waals surface area (Å²) in [5, 5.41) is 10.1. The first kappa shape index (κ1) is 10.6. The highest BCUT2D eigenvalue weighted by atomic mass is 79.9. The minimum Gasteiger partial charge on any atom is -0.506 e. The fourth-order valence-corrected chi connectivity index (χ4v) is 1.62. The first-order valence-corrected chi connectivity index (χ1v) is 4.80. The van der Waals surface area contributed by atoms with Crippen LogP contribution in [0.2, 0.25) is 5.02 Å². The molecule has 4 heteroatoms. The van der Waals surface area contributed by atoms with Gasteiger partial charge in [0.15, 0.2) is 0 Å². The Morgan fingerprint density at radius 3 is 2.77 bits per heavy atom. The van der Waals surface area contributed by atoms with Crippen LogP contribution < -0.4 is 5.73 Å². The topological polar surface area (TPSA) is 46.2 Å². The van der Waals surface area contributed by atoms with Crippen LogP contribution >= 0.6 is 27.5 Å². The van der Waals surface area contributed by atoms with Crippen molar-refractivity contribution in [3.05, 3.63) is 39.8 Å². The third-order valence-corrected chi connectivity index (χ3v) is 2.67. The predicted molar refractivity (Wildman–Crippen MR) is 57.9 cm³/mol. The van der Waals surface area contributed by atoms with Gasteiger partial charge in [0.1, 0.15) is 5.75 Å². The maximum absolute atomic E-state index is 9.62. The molecule has 0 saturated carbocycles. The molecule has 0 aliphatic rings. The van der Waals surface area contributed by atoms with E-state index >= 15 is 0 Å². The Labute approximate surface area is 90.1 Å². The van der Waals surface area contributed by atoms with Gasteiger partial charge in [-0.1, -0.05) is 17.7 Å². The maximum Gasteiger partial charge on any atom is 0.136 e. The molecule has 1 aromatic rings. The average Bonchev–Trinajstić information content (AvgIpc) is 2.12. The van der Waals surface area contributed by atoms with Crippen molar-refractivity contribution < 1.29 is 5.11 Å². The summed E-state index contributed by atoms with van der Waals surface area (Å²) in [7, 11) is 0. The largest absolute Gasteiger partial charge is 0.506 e. The Morgan fingerprint density at radius 2 is 2.23 bits per heavy atom. The van der Waals surface area contributed by atoms with Crippen LogP contribution in [0.15, 0.2) is 29.3 Å². The molecule has 0 aliphatic heterocycles. The fourth-order valence-electron chi connectivity index (χ4n) is 0.992. The van der Waals surface area contributed by atoms with Crippen LogP contribution in [0.4, 0.5) is 0 Å². The molecule has 0 saturated heterocycles. The minimum atomic E-state index is -0.454. The molecule has 0 spiro atoms. The molecule has 0 fully saturated rings. The Balaban J connectivity index is 3.32. The molecule has 0 unspecified atom stereocenters. The fraction of sp³-hybridized carbons (Fsp3) is 0.111. The van der Waals surface area contributed by atoms with Crippen LogP contribution in [0.1, 0.15) is 11.6 Å². The SMILES string of the molecule is C=C[C@H](N)c1c(Cl)ccc(Br)c1O. The summed E-state index contributed by atoms with van der Waals surface area (Å²) in [6.07, 6.45) is 1.52. The number of halogens is 2. The van der Waals surface area contributed by atoms with Crippen LogP contribution in [0.5, 0.6) is 5.75 Å². The van der Waals surface area contributed by atoms with Crippen molar-refractivity contribution in [2.45, 2.75) is 6.04 Å². The number of hydrogen-bond donors (Lipinski definition) is 2. The van der Waals surface area contributed by atoms with Gasteiger partial charge in [-0.2, -0.15) is 0 Å². The lowest BCUT2D eigenvalue weighted by atomic mass is 10.1. The minimum absolute atomic E-state index is 0.0694. The van der Waals surface area contributed by atoms with Crippen molar-refractivity contribution in [2.24, 2.45) is 5.73 Å². The van der Waals surface area contributed by atoms with Crippen molar-refractivity contribution in [1.29, 1.82) is 0 Å². The van der Waals surface area contributed by atoms with Crippen LogP contribution in [0.3, 0.4) is 0 Å². The number of phenolic OH excluding ortho intramolecular Hbond substituents is 1. The summed E-state index contributed by atoms with van der Waals surface area (Å²) in [6, 6.07) is 2.88. The second kappa shape index (κ2) is 4.13. The van der Waals surface area contributed by atoms with Crippen LogP contribution in [0, 0.1) is 0 Å². The first-order valence-electron chi connectivity index (χ1n) is 3.63. The van der Waals surface area contributed by atoms with E-state index in [1.807, 2.05) is 0 Å². The van der Waals surface area contributed by atoms with E-state index in [9.17, 15) is 5.11 Å². The molecule has 0 amide bonds. The standard InChI is InChI=1S/C9H9BrClNO/c1-2-7(12)8-6(11)4-3-5(10)9(8)13/h2-4,7,13H,1,12H2/t7-/m0/s1. The van der Waals surface area contributed by atoms with E-state index in [2.05, 4.69) is 22.5 Å². The summed E-state index contributed by atoms with van der Waals surface area (Å²) >= 11 is 9.05. The van der Waals surface area contributed by atoms with Gasteiger partial charge < -0.3 is 10.8 Å². The normalized spacial score (nSPS) is 12.5. The monoisotopic (exact) mass is 261 g/mol. The van der Waals surface area contributed by atoms with Gasteiger partial charge in [-0.05, 0) is 28.1 Å². The average molecular weight is 263 g/mol. The van der Waals surface area contributed by atoms with E-state index in [0.29, 0.717) is 15.1 Å². The number of benzene rings is 1. The number of nitrogens with two attached hydrogens (primary N) is 1. The number of hydrogen-bond acceptors (Lipinski definition) is 2. The van der Waals surface area contributed by atoms with E-state index in [0.717, 1.165) is 0 Å². The Morgan fingerprint density at radius 1 is 1.62 bits per heavy atom. The highest BCUT2D eigenvalue weighted by molar-refractivity contribution is 9.10. The zero-order valence-corrected chi connectivity index (χ0v) is 9.14. The molecular formula is C9H9BrClNO. The second-order valence-electron chi connectivity index (χ2n) is 2.55. The van der Waals surface area contributed by atoms with E-state index in [-0.39, 0.29) is 5.75 Å². The Bertz CT molecular complexity index is 341. The van der Waals surface area contributed by atoms with Crippen molar-refractivity contribution in [3.63, 3.8) is 0 Å². The molecule has 0 aromatic heterocycles. The highest BCUT2D eigenvalue weighted by Crippen LogP contribution is 2.36. The third kappa shape index (κ3) is 2.05. The molecule has 1 rings (SSSR count). The van der Waals surface area contributed by atoms with Crippen molar-refractivity contribution in [3.8, 4) is 5.75 Å². The van der Waals surface area contributed by atoms with Crippen LogP contribution in [-0.4, -0.2) is 5.11 Å². The van der Waals surface area contributed by atoms with E-state index in [4.69, 9.17) is 17.3 Å². The lowest BCUT2D eigenvalue weighted by Crippen LogP contribution is -2.07. The molecule has 13 heavy (non-hydrogen) atoms. The number of rotatable bonds is 2. The highest BCUT2D eigenvalue weighted by Gasteiger charge is 2.14. The lowest BCUT2D eigenvalue weighted by molar-refractivity contribution is 0.462. The van der Waals surface area contributed by atoms with Crippen molar-refractivity contribution in [1.82, 2.24) is 0 Å². The summed E-state index contributed by atoms with van der Waals surface area (Å²) in [5.41, 5.74) is 6.17. The van der Waals surface area contributed by atoms with E-state index in [1.165, 1.54) is 6.08 Å². The second-order valence-corrected chi connectivity index (χ2v) is 3.81. The molecule has 2 nitrogen and oxygen atoms in total. The Kier molecular flexibility index (Phi) is 3.36. The third-order valence-electron chi connectivity index (χ3n) is 1.70. The zero-order chi connectivity index (χ0) is 10.0. The van der Waals surface area contributed by atoms with Crippen molar-refractivity contribution in [2.75, 3.05) is 0 Å². The van der Waals surface area contributed by atoms with Gasteiger partial charge >= 0.3 is 0 Å². The van der Waals surface area contributed by atoms with Crippen LogP contribution in [-0.2, 0) is 0 Å². The summed E-state index contributed by atoms with van der Waals surface area (Å²) < 4.78 is 0.573.